The Hall–Kier alpha value is -0.120. The minimum atomic E-state index is 0.348. The van der Waals surface area contributed by atoms with Gasteiger partial charge in [0.05, 0.1) is 6.61 Å². The van der Waals surface area contributed by atoms with E-state index in [1.165, 1.54) is 38.6 Å². The van der Waals surface area contributed by atoms with Gasteiger partial charge in [-0.3, -0.25) is 0 Å². The number of hydrogen-bond acceptors (Lipinski definition) is 3. The zero-order chi connectivity index (χ0) is 13.0. The summed E-state index contributed by atoms with van der Waals surface area (Å²) in [5.41, 5.74) is 0.348. The van der Waals surface area contributed by atoms with Crippen molar-refractivity contribution < 1.29 is 4.74 Å². The van der Waals surface area contributed by atoms with E-state index in [2.05, 4.69) is 31.2 Å². The van der Waals surface area contributed by atoms with Crippen LogP contribution in [0, 0.1) is 11.3 Å². The maximum Gasteiger partial charge on any atom is 0.0547 e. The maximum atomic E-state index is 5.66. The third kappa shape index (κ3) is 3.25. The Morgan fingerprint density at radius 3 is 2.72 bits per heavy atom. The minimum absolute atomic E-state index is 0.348. The van der Waals surface area contributed by atoms with E-state index in [1.807, 2.05) is 0 Å². The van der Waals surface area contributed by atoms with E-state index in [0.717, 1.165) is 31.7 Å². The van der Waals surface area contributed by atoms with E-state index in [4.69, 9.17) is 4.74 Å². The third-order valence-electron chi connectivity index (χ3n) is 4.95. The molecule has 1 saturated heterocycles. The molecule has 0 aromatic rings. The molecule has 106 valence electrons. The molecular formula is C15H30N2O. The quantitative estimate of drug-likeness (QED) is 0.813. The van der Waals surface area contributed by atoms with Crippen LogP contribution in [0.15, 0.2) is 0 Å². The fraction of sp³-hybridized carbons (Fsp3) is 1.00. The summed E-state index contributed by atoms with van der Waals surface area (Å²) in [6.07, 6.45) is 6.84. The highest BCUT2D eigenvalue weighted by molar-refractivity contribution is 4.90. The van der Waals surface area contributed by atoms with Crippen LogP contribution in [0.1, 0.15) is 39.0 Å². The molecule has 3 nitrogen and oxygen atoms in total. The van der Waals surface area contributed by atoms with Crippen molar-refractivity contribution in [3.63, 3.8) is 0 Å². The van der Waals surface area contributed by atoms with Crippen molar-refractivity contribution >= 4 is 0 Å². The molecule has 0 radical (unpaired) electrons. The second-order valence-electron chi connectivity index (χ2n) is 6.58. The van der Waals surface area contributed by atoms with Crippen LogP contribution in [0.25, 0.3) is 0 Å². The topological polar surface area (TPSA) is 24.5 Å². The lowest BCUT2D eigenvalue weighted by atomic mass is 9.82. The number of hydrogen-bond donors (Lipinski definition) is 1. The molecule has 3 heteroatoms. The molecule has 2 fully saturated rings. The monoisotopic (exact) mass is 254 g/mol. The van der Waals surface area contributed by atoms with E-state index < -0.39 is 0 Å². The standard InChI is InChI=1S/C15H30N2O/c1-13-6-4-5-7-14(13)17(3)11-15(10-16-2)8-9-18-12-15/h13-14,16H,4-12H2,1-3H3. The van der Waals surface area contributed by atoms with E-state index in [-0.39, 0.29) is 0 Å². The Morgan fingerprint density at radius 2 is 2.11 bits per heavy atom. The molecule has 0 amide bonds. The van der Waals surface area contributed by atoms with E-state index in [1.54, 1.807) is 0 Å². The third-order valence-corrected chi connectivity index (χ3v) is 4.95. The summed E-state index contributed by atoms with van der Waals surface area (Å²) in [7, 11) is 4.38. The first-order valence-electron chi connectivity index (χ1n) is 7.59. The van der Waals surface area contributed by atoms with Gasteiger partial charge in [-0.2, -0.15) is 0 Å². The summed E-state index contributed by atoms with van der Waals surface area (Å²) >= 11 is 0. The second kappa shape index (κ2) is 6.36. The van der Waals surface area contributed by atoms with Crippen molar-refractivity contribution in [3.8, 4) is 0 Å². The highest BCUT2D eigenvalue weighted by atomic mass is 16.5. The molecule has 1 saturated carbocycles. The Bertz CT molecular complexity index is 251. The summed E-state index contributed by atoms with van der Waals surface area (Å²) in [6.45, 7) is 6.56. The molecule has 3 unspecified atom stereocenters. The van der Waals surface area contributed by atoms with Gasteiger partial charge in [0.25, 0.3) is 0 Å². The molecule has 0 aromatic heterocycles. The molecule has 1 aliphatic heterocycles. The van der Waals surface area contributed by atoms with Crippen LogP contribution >= 0.6 is 0 Å². The van der Waals surface area contributed by atoms with Gasteiger partial charge in [-0.05, 0) is 39.3 Å². The number of rotatable bonds is 5. The van der Waals surface area contributed by atoms with Crippen molar-refractivity contribution in [2.75, 3.05) is 40.4 Å². The molecule has 0 aromatic carbocycles. The van der Waals surface area contributed by atoms with Crippen LogP contribution < -0.4 is 5.32 Å². The van der Waals surface area contributed by atoms with Gasteiger partial charge in [-0.25, -0.2) is 0 Å². The molecule has 1 aliphatic carbocycles. The van der Waals surface area contributed by atoms with Gasteiger partial charge in [0, 0.05) is 31.2 Å². The number of nitrogens with zero attached hydrogens (tertiary/aromatic N) is 1. The van der Waals surface area contributed by atoms with Gasteiger partial charge in [-0.1, -0.05) is 19.8 Å². The Kier molecular flexibility index (Phi) is 5.05. The van der Waals surface area contributed by atoms with E-state index in [9.17, 15) is 0 Å². The van der Waals surface area contributed by atoms with Crippen molar-refractivity contribution in [3.05, 3.63) is 0 Å². The molecule has 18 heavy (non-hydrogen) atoms. The fourth-order valence-electron chi connectivity index (χ4n) is 3.94. The summed E-state index contributed by atoms with van der Waals surface area (Å²) in [6, 6.07) is 0.785. The van der Waals surface area contributed by atoms with Crippen LogP contribution in [0.3, 0.4) is 0 Å². The van der Waals surface area contributed by atoms with Crippen LogP contribution in [0.2, 0.25) is 0 Å². The van der Waals surface area contributed by atoms with Crippen LogP contribution in [0.5, 0.6) is 0 Å². The number of ether oxygens (including phenoxy) is 1. The fourth-order valence-corrected chi connectivity index (χ4v) is 3.94. The zero-order valence-corrected chi connectivity index (χ0v) is 12.4. The van der Waals surface area contributed by atoms with Crippen LogP contribution in [-0.2, 0) is 4.74 Å². The normalized spacial score (nSPS) is 37.3. The average molecular weight is 254 g/mol. The second-order valence-corrected chi connectivity index (χ2v) is 6.58. The Labute approximate surface area is 112 Å². The first-order valence-corrected chi connectivity index (χ1v) is 7.59. The molecule has 0 spiro atoms. The van der Waals surface area contributed by atoms with Crippen molar-refractivity contribution in [1.29, 1.82) is 0 Å². The van der Waals surface area contributed by atoms with Gasteiger partial charge < -0.3 is 15.0 Å². The van der Waals surface area contributed by atoms with Gasteiger partial charge in [0.2, 0.25) is 0 Å². The predicted octanol–water partition coefficient (Wildman–Crippen LogP) is 2.12. The molecule has 2 rings (SSSR count). The van der Waals surface area contributed by atoms with Crippen LogP contribution in [-0.4, -0.2) is 51.3 Å². The van der Waals surface area contributed by atoms with Crippen LogP contribution in [0.4, 0.5) is 0 Å². The summed E-state index contributed by atoms with van der Waals surface area (Å²) in [4.78, 5) is 2.62. The highest BCUT2D eigenvalue weighted by Crippen LogP contribution is 2.33. The zero-order valence-electron chi connectivity index (χ0n) is 12.4. The van der Waals surface area contributed by atoms with Gasteiger partial charge in [0.15, 0.2) is 0 Å². The van der Waals surface area contributed by atoms with E-state index >= 15 is 0 Å². The average Bonchev–Trinajstić information content (AvgIpc) is 2.78. The Balaban J connectivity index is 1.93. The van der Waals surface area contributed by atoms with Gasteiger partial charge >= 0.3 is 0 Å². The van der Waals surface area contributed by atoms with Crippen molar-refractivity contribution in [2.45, 2.75) is 45.1 Å². The highest BCUT2D eigenvalue weighted by Gasteiger charge is 2.37. The molecule has 1 N–H and O–H groups in total. The lowest BCUT2D eigenvalue weighted by molar-refractivity contribution is 0.0705. The summed E-state index contributed by atoms with van der Waals surface area (Å²) in [5, 5.41) is 3.36. The Morgan fingerprint density at radius 1 is 1.33 bits per heavy atom. The van der Waals surface area contributed by atoms with Crippen molar-refractivity contribution in [2.24, 2.45) is 11.3 Å². The lowest BCUT2D eigenvalue weighted by Gasteiger charge is -2.41. The first kappa shape index (κ1) is 14.3. The van der Waals surface area contributed by atoms with Gasteiger partial charge in [0.1, 0.15) is 0 Å². The molecule has 3 atom stereocenters. The summed E-state index contributed by atoms with van der Waals surface area (Å²) < 4.78 is 5.66. The van der Waals surface area contributed by atoms with E-state index in [0.29, 0.717) is 5.41 Å². The molecule has 1 heterocycles. The van der Waals surface area contributed by atoms with Gasteiger partial charge in [-0.15, -0.1) is 0 Å². The van der Waals surface area contributed by atoms with Crippen molar-refractivity contribution in [1.82, 2.24) is 10.2 Å². The largest absolute Gasteiger partial charge is 0.381 e. The molecule has 2 aliphatic rings. The molecular weight excluding hydrogens is 224 g/mol. The SMILES string of the molecule is CNCC1(CN(C)C2CCCCC2C)CCOC1. The summed E-state index contributed by atoms with van der Waals surface area (Å²) in [5.74, 6) is 0.859. The lowest BCUT2D eigenvalue weighted by Crippen LogP contribution is -2.48. The predicted molar refractivity (Wildman–Crippen MR) is 75.8 cm³/mol. The maximum absolute atomic E-state index is 5.66. The first-order chi connectivity index (χ1) is 8.67. The smallest absolute Gasteiger partial charge is 0.0547 e. The minimum Gasteiger partial charge on any atom is -0.381 e. The number of nitrogens with one attached hydrogen (secondary N) is 1. The molecule has 0 bridgehead atoms.